The van der Waals surface area contributed by atoms with Gasteiger partial charge in [0.25, 0.3) is 0 Å². The lowest BCUT2D eigenvalue weighted by Crippen LogP contribution is -2.09. The summed E-state index contributed by atoms with van der Waals surface area (Å²) in [6.07, 6.45) is 3.38. The molecule has 0 aliphatic heterocycles. The lowest BCUT2D eigenvalue weighted by atomic mass is 9.96. The van der Waals surface area contributed by atoms with E-state index in [2.05, 4.69) is 19.2 Å². The molecule has 5 heteroatoms. The molecule has 4 aromatic rings. The Morgan fingerprint density at radius 1 is 1.11 bits per heavy atom. The Balaban J connectivity index is 1.73. The third-order valence-electron chi connectivity index (χ3n) is 6.33. The average Bonchev–Trinajstić information content (AvgIpc) is 3.30. The Kier molecular flexibility index (Phi) is 7.49. The number of amides is 1. The Morgan fingerprint density at radius 3 is 2.53 bits per heavy atom. The van der Waals surface area contributed by atoms with Crippen LogP contribution in [0, 0.1) is 6.92 Å². The Hall–Kier alpha value is -3.99. The molecule has 3 aromatic carbocycles. The van der Waals surface area contributed by atoms with Crippen molar-refractivity contribution in [3.05, 3.63) is 83.6 Å². The molecule has 5 nitrogen and oxygen atoms in total. The number of carbonyl (C=O) groups excluding carboxylic acids is 1. The average molecular weight is 484 g/mol. The van der Waals surface area contributed by atoms with E-state index in [1.165, 1.54) is 5.56 Å². The van der Waals surface area contributed by atoms with Crippen molar-refractivity contribution in [1.82, 2.24) is 0 Å². The lowest BCUT2D eigenvalue weighted by Gasteiger charge is -2.15. The number of rotatable bonds is 8. The number of hydrogen-bond acceptors (Lipinski definition) is 4. The number of nitrogens with one attached hydrogen (secondary N) is 1. The van der Waals surface area contributed by atoms with E-state index in [1.807, 2.05) is 75.4 Å². The molecule has 0 spiro atoms. The quantitative estimate of drug-likeness (QED) is 0.258. The minimum Gasteiger partial charge on any atom is -0.497 e. The van der Waals surface area contributed by atoms with Crippen LogP contribution in [0.2, 0.25) is 0 Å². The van der Waals surface area contributed by atoms with Crippen LogP contribution < -0.4 is 14.8 Å². The minimum absolute atomic E-state index is 0.190. The van der Waals surface area contributed by atoms with Crippen LogP contribution in [0.1, 0.15) is 50.3 Å². The van der Waals surface area contributed by atoms with Gasteiger partial charge in [-0.25, -0.2) is 0 Å². The zero-order valence-electron chi connectivity index (χ0n) is 21.8. The number of allylic oxidation sites excluding steroid dienone is 1. The summed E-state index contributed by atoms with van der Waals surface area (Å²) in [4.78, 5) is 12.9. The fraction of sp³-hybridized carbons (Fsp3) is 0.258. The summed E-state index contributed by atoms with van der Waals surface area (Å²) in [6.45, 7) is 10.7. The highest BCUT2D eigenvalue weighted by Crippen LogP contribution is 2.41. The molecule has 0 unspecified atom stereocenters. The van der Waals surface area contributed by atoms with Crippen molar-refractivity contribution in [1.29, 1.82) is 0 Å². The summed E-state index contributed by atoms with van der Waals surface area (Å²) >= 11 is 0. The first kappa shape index (κ1) is 25.1. The van der Waals surface area contributed by atoms with Gasteiger partial charge in [-0.3, -0.25) is 4.79 Å². The zero-order chi connectivity index (χ0) is 25.8. The van der Waals surface area contributed by atoms with Gasteiger partial charge in [0.05, 0.1) is 20.0 Å². The molecule has 4 rings (SSSR count). The second kappa shape index (κ2) is 10.7. The van der Waals surface area contributed by atoms with Gasteiger partial charge in [0, 0.05) is 33.8 Å². The van der Waals surface area contributed by atoms with E-state index in [4.69, 9.17) is 13.9 Å². The van der Waals surface area contributed by atoms with E-state index in [9.17, 15) is 4.79 Å². The predicted octanol–water partition coefficient (Wildman–Crippen LogP) is 7.98. The van der Waals surface area contributed by atoms with Gasteiger partial charge in [0.1, 0.15) is 17.1 Å². The maximum atomic E-state index is 12.9. The van der Waals surface area contributed by atoms with E-state index in [0.717, 1.165) is 56.0 Å². The van der Waals surface area contributed by atoms with Gasteiger partial charge < -0.3 is 19.2 Å². The van der Waals surface area contributed by atoms with Crippen LogP contribution in [0.3, 0.4) is 0 Å². The number of hydrogen-bond donors (Lipinski definition) is 1. The van der Waals surface area contributed by atoms with E-state index in [-0.39, 0.29) is 5.91 Å². The topological polar surface area (TPSA) is 60.7 Å². The molecule has 0 bridgehead atoms. The van der Waals surface area contributed by atoms with E-state index >= 15 is 0 Å². The molecule has 1 amide bonds. The summed E-state index contributed by atoms with van der Waals surface area (Å²) < 4.78 is 17.4. The van der Waals surface area contributed by atoms with Gasteiger partial charge in [0.15, 0.2) is 0 Å². The first-order valence-electron chi connectivity index (χ1n) is 12.2. The van der Waals surface area contributed by atoms with E-state index < -0.39 is 0 Å². The third-order valence-corrected chi connectivity index (χ3v) is 6.33. The molecule has 0 radical (unpaired) electrons. The van der Waals surface area contributed by atoms with Gasteiger partial charge in [0.2, 0.25) is 5.91 Å². The summed E-state index contributed by atoms with van der Waals surface area (Å²) in [6, 6.07) is 17.9. The van der Waals surface area contributed by atoms with Gasteiger partial charge in [-0.1, -0.05) is 38.1 Å². The van der Waals surface area contributed by atoms with Gasteiger partial charge in [-0.05, 0) is 73.7 Å². The Labute approximate surface area is 212 Å². The SMILES string of the molecule is CCOc1c(/C(C)=C/C(=O)Nc2ccc(C(C)C)cc2)cc2c(-c3cccc(OC)c3)coc2c1C. The highest BCUT2D eigenvalue weighted by Gasteiger charge is 2.19. The molecule has 1 heterocycles. The highest BCUT2D eigenvalue weighted by molar-refractivity contribution is 6.06. The standard InChI is InChI=1S/C31H33NO4/c1-7-35-30-21(5)31-27(28(18-36-31)23-9-8-10-25(16-23)34-6)17-26(30)20(4)15-29(33)32-24-13-11-22(12-14-24)19(2)3/h8-19H,7H2,1-6H3,(H,32,33)/b20-15+. The van der Waals surface area contributed by atoms with Crippen molar-refractivity contribution < 1.29 is 18.7 Å². The zero-order valence-corrected chi connectivity index (χ0v) is 21.8. The van der Waals surface area contributed by atoms with Crippen molar-refractivity contribution in [2.24, 2.45) is 0 Å². The molecule has 0 saturated carbocycles. The van der Waals surface area contributed by atoms with Crippen LogP contribution in [0.5, 0.6) is 11.5 Å². The molecule has 36 heavy (non-hydrogen) atoms. The summed E-state index contributed by atoms with van der Waals surface area (Å²) in [5.41, 5.74) is 7.27. The number of furan rings is 1. The normalized spacial score (nSPS) is 11.7. The van der Waals surface area contributed by atoms with E-state index in [1.54, 1.807) is 19.4 Å². The summed E-state index contributed by atoms with van der Waals surface area (Å²) in [5, 5.41) is 3.92. The summed E-state index contributed by atoms with van der Waals surface area (Å²) in [7, 11) is 1.65. The number of benzene rings is 3. The van der Waals surface area contributed by atoms with Crippen molar-refractivity contribution in [2.45, 2.75) is 40.5 Å². The molecular formula is C31H33NO4. The smallest absolute Gasteiger partial charge is 0.248 e. The van der Waals surface area contributed by atoms with Crippen LogP contribution in [0.15, 0.2) is 71.4 Å². The Bertz CT molecular complexity index is 1410. The van der Waals surface area contributed by atoms with Gasteiger partial charge >= 0.3 is 0 Å². The monoisotopic (exact) mass is 483 g/mol. The molecule has 1 aromatic heterocycles. The van der Waals surface area contributed by atoms with Gasteiger partial charge in [-0.15, -0.1) is 0 Å². The largest absolute Gasteiger partial charge is 0.497 e. The van der Waals surface area contributed by atoms with Crippen molar-refractivity contribution >= 4 is 28.1 Å². The van der Waals surface area contributed by atoms with Gasteiger partial charge in [-0.2, -0.15) is 0 Å². The van der Waals surface area contributed by atoms with Crippen LogP contribution in [-0.2, 0) is 4.79 Å². The molecule has 0 saturated heterocycles. The number of methoxy groups -OCH3 is 1. The summed E-state index contributed by atoms with van der Waals surface area (Å²) in [5.74, 6) is 1.75. The Morgan fingerprint density at radius 2 is 1.86 bits per heavy atom. The fourth-order valence-corrected chi connectivity index (χ4v) is 4.36. The molecule has 186 valence electrons. The number of ether oxygens (including phenoxy) is 2. The van der Waals surface area contributed by atoms with Crippen molar-refractivity contribution in [2.75, 3.05) is 19.0 Å². The second-order valence-electron chi connectivity index (χ2n) is 9.16. The molecule has 0 aliphatic carbocycles. The number of anilines is 1. The molecule has 1 N–H and O–H groups in total. The van der Waals surface area contributed by atoms with Crippen molar-refractivity contribution in [3.63, 3.8) is 0 Å². The first-order chi connectivity index (χ1) is 17.3. The molecular weight excluding hydrogens is 450 g/mol. The van der Waals surface area contributed by atoms with Crippen LogP contribution >= 0.6 is 0 Å². The number of aryl methyl sites for hydroxylation is 1. The second-order valence-corrected chi connectivity index (χ2v) is 9.16. The highest BCUT2D eigenvalue weighted by atomic mass is 16.5. The first-order valence-corrected chi connectivity index (χ1v) is 12.2. The fourth-order valence-electron chi connectivity index (χ4n) is 4.36. The number of fused-ring (bicyclic) bond motifs is 1. The van der Waals surface area contributed by atoms with Crippen LogP contribution in [0.25, 0.3) is 27.7 Å². The maximum absolute atomic E-state index is 12.9. The van der Waals surface area contributed by atoms with Crippen molar-refractivity contribution in [3.8, 4) is 22.6 Å². The molecule has 0 atom stereocenters. The molecule has 0 aliphatic rings. The molecule has 0 fully saturated rings. The van der Waals surface area contributed by atoms with Crippen LogP contribution in [0.4, 0.5) is 5.69 Å². The lowest BCUT2D eigenvalue weighted by molar-refractivity contribution is -0.111. The predicted molar refractivity (Wildman–Crippen MR) is 147 cm³/mol. The third kappa shape index (κ3) is 5.15. The minimum atomic E-state index is -0.190. The van der Waals surface area contributed by atoms with Crippen LogP contribution in [-0.4, -0.2) is 19.6 Å². The maximum Gasteiger partial charge on any atom is 0.248 e. The number of carbonyl (C=O) groups is 1. The van der Waals surface area contributed by atoms with E-state index in [0.29, 0.717) is 12.5 Å².